The Labute approximate surface area is 162 Å². The molecule has 0 spiro atoms. The highest BCUT2D eigenvalue weighted by Crippen LogP contribution is 2.33. The molecule has 140 valence electrons. The summed E-state index contributed by atoms with van der Waals surface area (Å²) in [6.07, 6.45) is 0. The molecule has 3 aromatic heterocycles. The Morgan fingerprint density at radius 3 is 1.86 bits per heavy atom. The molecule has 0 amide bonds. The van der Waals surface area contributed by atoms with E-state index in [0.717, 1.165) is 27.8 Å². The lowest BCUT2D eigenvalue weighted by atomic mass is 9.87. The molecular weight excluding hydrogens is 352 g/mol. The van der Waals surface area contributed by atoms with E-state index in [2.05, 4.69) is 42.9 Å². The number of nitrogens with zero attached hydrogens (tertiary/aromatic N) is 2. The number of hydrogen-bond donors (Lipinski definition) is 0. The fourth-order valence-electron chi connectivity index (χ4n) is 3.21. The molecule has 0 unspecified atom stereocenters. The Morgan fingerprint density at radius 1 is 0.679 bits per heavy atom. The zero-order valence-electron chi connectivity index (χ0n) is 16.2. The maximum absolute atomic E-state index is 5.93. The van der Waals surface area contributed by atoms with Gasteiger partial charge in [-0.15, -0.1) is 0 Å². The van der Waals surface area contributed by atoms with Gasteiger partial charge in [-0.25, -0.2) is 9.97 Å². The normalized spacial score (nSPS) is 12.3. The molecule has 5 heteroatoms. The average Bonchev–Trinajstić information content (AvgIpc) is 3.36. The Balaban J connectivity index is 1.53. The Bertz CT molecular complexity index is 1310. The number of benzene rings is 2. The molecule has 5 nitrogen and oxygen atoms in total. The monoisotopic (exact) mass is 372 g/mol. The molecular formula is C23H20N2O3. The molecule has 3 heterocycles. The lowest BCUT2D eigenvalue weighted by molar-refractivity contribution is 0.519. The van der Waals surface area contributed by atoms with Crippen LogP contribution in [0, 0.1) is 6.92 Å². The predicted octanol–water partition coefficient (Wildman–Crippen LogP) is 6.50. The van der Waals surface area contributed by atoms with Crippen molar-refractivity contribution < 1.29 is 13.3 Å². The molecule has 0 radical (unpaired) electrons. The van der Waals surface area contributed by atoms with Crippen LogP contribution in [-0.4, -0.2) is 9.97 Å². The van der Waals surface area contributed by atoms with Crippen molar-refractivity contribution in [3.63, 3.8) is 0 Å². The summed E-state index contributed by atoms with van der Waals surface area (Å²) in [7, 11) is 0. The molecule has 0 bridgehead atoms. The third-order valence-electron chi connectivity index (χ3n) is 4.82. The van der Waals surface area contributed by atoms with Gasteiger partial charge >= 0.3 is 0 Å². The van der Waals surface area contributed by atoms with E-state index in [0.29, 0.717) is 23.3 Å². The smallest absolute Gasteiger partial charge is 0.263 e. The summed E-state index contributed by atoms with van der Waals surface area (Å²) in [5.74, 6) is 1.97. The van der Waals surface area contributed by atoms with Gasteiger partial charge in [0.15, 0.2) is 22.7 Å². The van der Waals surface area contributed by atoms with Gasteiger partial charge in [0, 0.05) is 0 Å². The van der Waals surface area contributed by atoms with Crippen LogP contribution < -0.4 is 0 Å². The summed E-state index contributed by atoms with van der Waals surface area (Å²) < 4.78 is 17.6. The largest absolute Gasteiger partial charge is 0.446 e. The summed E-state index contributed by atoms with van der Waals surface area (Å²) in [6.45, 7) is 8.55. The van der Waals surface area contributed by atoms with Crippen molar-refractivity contribution in [2.45, 2.75) is 33.1 Å². The topological polar surface area (TPSA) is 65.2 Å². The van der Waals surface area contributed by atoms with Crippen LogP contribution in [0.3, 0.4) is 0 Å². The molecule has 5 rings (SSSR count). The van der Waals surface area contributed by atoms with E-state index < -0.39 is 0 Å². The lowest BCUT2D eigenvalue weighted by Crippen LogP contribution is -2.10. The second-order valence-electron chi connectivity index (χ2n) is 8.11. The van der Waals surface area contributed by atoms with Crippen LogP contribution in [0.25, 0.3) is 45.5 Å². The zero-order valence-corrected chi connectivity index (χ0v) is 16.2. The van der Waals surface area contributed by atoms with Crippen molar-refractivity contribution >= 4 is 22.2 Å². The number of aryl methyl sites for hydroxylation is 1. The van der Waals surface area contributed by atoms with Crippen molar-refractivity contribution in [3.8, 4) is 23.3 Å². The average molecular weight is 372 g/mol. The molecule has 0 aliphatic rings. The number of oxazole rings is 2. The van der Waals surface area contributed by atoms with Crippen LogP contribution in [-0.2, 0) is 5.41 Å². The minimum absolute atomic E-state index is 0.0521. The van der Waals surface area contributed by atoms with Crippen molar-refractivity contribution in [2.24, 2.45) is 0 Å². The second-order valence-corrected chi connectivity index (χ2v) is 8.11. The van der Waals surface area contributed by atoms with Crippen molar-refractivity contribution in [2.75, 3.05) is 0 Å². The molecule has 0 aliphatic heterocycles. The van der Waals surface area contributed by atoms with E-state index in [4.69, 9.17) is 13.3 Å². The first kappa shape index (κ1) is 16.8. The minimum atomic E-state index is 0.0521. The third-order valence-corrected chi connectivity index (χ3v) is 4.82. The van der Waals surface area contributed by atoms with E-state index in [9.17, 15) is 0 Å². The maximum Gasteiger partial charge on any atom is 0.263 e. The first-order chi connectivity index (χ1) is 13.4. The predicted molar refractivity (Wildman–Crippen MR) is 108 cm³/mol. The Kier molecular flexibility index (Phi) is 3.50. The first-order valence-electron chi connectivity index (χ1n) is 9.26. The highest BCUT2D eigenvalue weighted by Gasteiger charge is 2.19. The summed E-state index contributed by atoms with van der Waals surface area (Å²) in [6, 6.07) is 15.6. The fourth-order valence-corrected chi connectivity index (χ4v) is 3.21. The quantitative estimate of drug-likeness (QED) is 0.354. The van der Waals surface area contributed by atoms with Crippen LogP contribution in [0.4, 0.5) is 0 Å². The van der Waals surface area contributed by atoms with Gasteiger partial charge in [0.1, 0.15) is 11.0 Å². The molecule has 0 atom stereocenters. The molecule has 0 saturated carbocycles. The van der Waals surface area contributed by atoms with E-state index in [1.165, 1.54) is 5.56 Å². The standard InChI is InChI=1S/C23H20N2O3/c1-13-5-7-17-15(11-13)24-21(27-17)19-9-10-20(26-19)22-25-16-12-14(23(2,3)4)6-8-18(16)28-22/h5-12H,1-4H3. The van der Waals surface area contributed by atoms with Gasteiger partial charge in [0.25, 0.3) is 11.8 Å². The Morgan fingerprint density at radius 2 is 1.25 bits per heavy atom. The molecule has 28 heavy (non-hydrogen) atoms. The van der Waals surface area contributed by atoms with E-state index in [1.807, 2.05) is 43.3 Å². The van der Waals surface area contributed by atoms with Gasteiger partial charge < -0.3 is 13.3 Å². The zero-order chi connectivity index (χ0) is 19.5. The van der Waals surface area contributed by atoms with Crippen LogP contribution >= 0.6 is 0 Å². The minimum Gasteiger partial charge on any atom is -0.446 e. The van der Waals surface area contributed by atoms with Crippen LogP contribution in [0.2, 0.25) is 0 Å². The molecule has 0 fully saturated rings. The Hall–Kier alpha value is -3.34. The first-order valence-corrected chi connectivity index (χ1v) is 9.26. The van der Waals surface area contributed by atoms with E-state index in [1.54, 1.807) is 0 Å². The molecule has 5 aromatic rings. The van der Waals surface area contributed by atoms with Crippen LogP contribution in [0.5, 0.6) is 0 Å². The van der Waals surface area contributed by atoms with Crippen LogP contribution in [0.15, 0.2) is 61.8 Å². The number of hydrogen-bond acceptors (Lipinski definition) is 5. The lowest BCUT2D eigenvalue weighted by Gasteiger charge is -2.18. The highest BCUT2D eigenvalue weighted by molar-refractivity contribution is 5.78. The third kappa shape index (κ3) is 2.80. The van der Waals surface area contributed by atoms with Gasteiger partial charge in [0.05, 0.1) is 0 Å². The number of rotatable bonds is 2. The molecule has 0 saturated heterocycles. The molecule has 0 N–H and O–H groups in total. The number of furan rings is 1. The van der Waals surface area contributed by atoms with Gasteiger partial charge in [0.2, 0.25) is 0 Å². The van der Waals surface area contributed by atoms with Crippen molar-refractivity contribution in [1.29, 1.82) is 0 Å². The highest BCUT2D eigenvalue weighted by atomic mass is 16.4. The van der Waals surface area contributed by atoms with E-state index in [-0.39, 0.29) is 5.41 Å². The summed E-state index contributed by atoms with van der Waals surface area (Å²) >= 11 is 0. The number of fused-ring (bicyclic) bond motifs is 2. The summed E-state index contributed by atoms with van der Waals surface area (Å²) in [4.78, 5) is 9.13. The van der Waals surface area contributed by atoms with Crippen molar-refractivity contribution in [3.05, 3.63) is 59.7 Å². The van der Waals surface area contributed by atoms with Crippen LogP contribution in [0.1, 0.15) is 31.9 Å². The van der Waals surface area contributed by atoms with Gasteiger partial charge in [-0.2, -0.15) is 0 Å². The van der Waals surface area contributed by atoms with E-state index >= 15 is 0 Å². The van der Waals surface area contributed by atoms with Gasteiger partial charge in [-0.05, 0) is 59.9 Å². The SMILES string of the molecule is Cc1ccc2oc(-c3ccc(-c4nc5cc(C(C)(C)C)ccc5o4)o3)nc2c1. The van der Waals surface area contributed by atoms with Gasteiger partial charge in [-0.3, -0.25) is 0 Å². The maximum atomic E-state index is 5.93. The van der Waals surface area contributed by atoms with Crippen molar-refractivity contribution in [1.82, 2.24) is 9.97 Å². The molecule has 0 aliphatic carbocycles. The summed E-state index contributed by atoms with van der Waals surface area (Å²) in [5.41, 5.74) is 5.49. The summed E-state index contributed by atoms with van der Waals surface area (Å²) in [5, 5.41) is 0. The molecule has 2 aromatic carbocycles. The number of aromatic nitrogens is 2. The van der Waals surface area contributed by atoms with Gasteiger partial charge in [-0.1, -0.05) is 32.9 Å². The fraction of sp³-hybridized carbons (Fsp3) is 0.217. The second kappa shape index (κ2) is 5.83.